The molecule has 1 aromatic heterocycles. The van der Waals surface area contributed by atoms with Gasteiger partial charge in [0.2, 0.25) is 5.88 Å². The van der Waals surface area contributed by atoms with Crippen molar-refractivity contribution >= 4 is 27.9 Å². The first-order valence-electron chi connectivity index (χ1n) is 12.5. The maximum absolute atomic E-state index is 13.0. The number of benzene rings is 1. The third kappa shape index (κ3) is 12.1. The standard InChI is InChI=1S/C25H33ClF3N3O7S/c1-4-5-11-37-20-9-8-18(22(15-20)39-23-21(26)14-19(16-30-23)25(27,28)29)7-6-12-38-24(33)32-40(34,35)31-10-13-36-17(2)3/h8-9,14-17,31H,4-7,10-13H2,1-3H3,(H,32,33). The molecule has 0 aliphatic rings. The fraction of sp³-hybridized carbons (Fsp3) is 0.520. The number of amides is 1. The lowest BCUT2D eigenvalue weighted by Gasteiger charge is -2.15. The molecule has 0 radical (unpaired) electrons. The number of halogens is 4. The van der Waals surface area contributed by atoms with Gasteiger partial charge in [-0.1, -0.05) is 31.0 Å². The van der Waals surface area contributed by atoms with E-state index in [-0.39, 0.29) is 48.9 Å². The van der Waals surface area contributed by atoms with Gasteiger partial charge >= 0.3 is 22.5 Å². The number of carbonyl (C=O) groups is 1. The normalized spacial score (nSPS) is 11.9. The molecule has 10 nitrogen and oxygen atoms in total. The molecule has 2 rings (SSSR count). The van der Waals surface area contributed by atoms with E-state index in [1.54, 1.807) is 36.8 Å². The van der Waals surface area contributed by atoms with Crippen molar-refractivity contribution < 1.29 is 45.3 Å². The summed E-state index contributed by atoms with van der Waals surface area (Å²) in [6.07, 6.45) is -2.91. The average Bonchev–Trinajstić information content (AvgIpc) is 2.86. The molecular weight excluding hydrogens is 579 g/mol. The summed E-state index contributed by atoms with van der Waals surface area (Å²) in [5.74, 6) is 0.485. The van der Waals surface area contributed by atoms with Crippen molar-refractivity contribution in [2.24, 2.45) is 0 Å². The molecule has 1 heterocycles. The van der Waals surface area contributed by atoms with Crippen molar-refractivity contribution in [3.05, 3.63) is 46.6 Å². The van der Waals surface area contributed by atoms with Crippen LogP contribution in [0, 0.1) is 0 Å². The molecule has 0 saturated heterocycles. The minimum absolute atomic E-state index is 0.0282. The highest BCUT2D eigenvalue weighted by atomic mass is 35.5. The zero-order valence-electron chi connectivity index (χ0n) is 22.3. The molecule has 2 N–H and O–H groups in total. The first kappa shape index (κ1) is 33.4. The Bertz CT molecular complexity index is 1210. The molecule has 0 spiro atoms. The molecule has 0 fully saturated rings. The number of rotatable bonds is 16. The number of carbonyl (C=O) groups excluding carboxylic acids is 1. The van der Waals surface area contributed by atoms with Gasteiger partial charge in [0.15, 0.2) is 0 Å². The lowest BCUT2D eigenvalue weighted by Crippen LogP contribution is -2.42. The number of nitrogens with zero attached hydrogens (tertiary/aromatic N) is 1. The Morgan fingerprint density at radius 1 is 1.12 bits per heavy atom. The van der Waals surface area contributed by atoms with Crippen LogP contribution in [0.2, 0.25) is 5.02 Å². The summed E-state index contributed by atoms with van der Waals surface area (Å²) in [4.78, 5) is 15.6. The molecule has 0 aliphatic heterocycles. The van der Waals surface area contributed by atoms with Crippen LogP contribution in [0.1, 0.15) is 51.2 Å². The maximum Gasteiger partial charge on any atom is 0.421 e. The second-order valence-corrected chi connectivity index (χ2v) is 10.6. The highest BCUT2D eigenvalue weighted by molar-refractivity contribution is 7.88. The summed E-state index contributed by atoms with van der Waals surface area (Å²) >= 11 is 6.00. The van der Waals surface area contributed by atoms with Crippen molar-refractivity contribution in [2.75, 3.05) is 26.4 Å². The van der Waals surface area contributed by atoms with E-state index in [0.717, 1.165) is 18.9 Å². The first-order chi connectivity index (χ1) is 18.8. The van der Waals surface area contributed by atoms with Crippen LogP contribution >= 0.6 is 11.6 Å². The van der Waals surface area contributed by atoms with E-state index >= 15 is 0 Å². The summed E-state index contributed by atoms with van der Waals surface area (Å²) in [7, 11) is -4.12. The molecule has 1 aromatic carbocycles. The Labute approximate surface area is 236 Å². The van der Waals surface area contributed by atoms with E-state index in [4.69, 9.17) is 30.5 Å². The van der Waals surface area contributed by atoms with Crippen LogP contribution < -0.4 is 18.9 Å². The highest BCUT2D eigenvalue weighted by Gasteiger charge is 2.32. The van der Waals surface area contributed by atoms with E-state index in [0.29, 0.717) is 30.5 Å². The quantitative estimate of drug-likeness (QED) is 0.234. The average molecular weight is 612 g/mol. The van der Waals surface area contributed by atoms with Gasteiger partial charge in [0.1, 0.15) is 16.5 Å². The summed E-state index contributed by atoms with van der Waals surface area (Å²) in [6, 6.07) is 5.68. The van der Waals surface area contributed by atoms with Crippen molar-refractivity contribution in [3.63, 3.8) is 0 Å². The molecule has 0 unspecified atom stereocenters. The number of nitrogens with one attached hydrogen (secondary N) is 2. The van der Waals surface area contributed by atoms with Gasteiger partial charge in [-0.25, -0.2) is 14.5 Å². The van der Waals surface area contributed by atoms with Gasteiger partial charge in [-0.3, -0.25) is 0 Å². The Kier molecular flexibility index (Phi) is 13.2. The lowest BCUT2D eigenvalue weighted by molar-refractivity contribution is -0.137. The largest absolute Gasteiger partial charge is 0.493 e. The molecule has 40 heavy (non-hydrogen) atoms. The Morgan fingerprint density at radius 3 is 2.52 bits per heavy atom. The number of ether oxygens (including phenoxy) is 4. The predicted molar refractivity (Wildman–Crippen MR) is 142 cm³/mol. The summed E-state index contributed by atoms with van der Waals surface area (Å²) in [5.41, 5.74) is -0.415. The smallest absolute Gasteiger partial charge is 0.421 e. The van der Waals surface area contributed by atoms with Crippen LogP contribution in [0.15, 0.2) is 30.5 Å². The number of pyridine rings is 1. The second kappa shape index (κ2) is 15.8. The fourth-order valence-corrected chi connectivity index (χ4v) is 4.00. The van der Waals surface area contributed by atoms with Gasteiger partial charge in [-0.2, -0.15) is 26.3 Å². The Balaban J connectivity index is 2.01. The number of aryl methyl sites for hydroxylation is 1. The third-order valence-electron chi connectivity index (χ3n) is 5.03. The zero-order valence-corrected chi connectivity index (χ0v) is 23.9. The molecule has 0 aliphatic carbocycles. The molecule has 0 saturated carbocycles. The summed E-state index contributed by atoms with van der Waals surface area (Å²) in [6.45, 7) is 6.04. The van der Waals surface area contributed by atoms with E-state index in [1.165, 1.54) is 0 Å². The van der Waals surface area contributed by atoms with Crippen LogP contribution in [-0.4, -0.2) is 52.0 Å². The van der Waals surface area contributed by atoms with E-state index < -0.39 is 28.0 Å². The molecule has 0 atom stereocenters. The monoisotopic (exact) mass is 611 g/mol. The van der Waals surface area contributed by atoms with Gasteiger partial charge in [0.25, 0.3) is 0 Å². The van der Waals surface area contributed by atoms with Crippen LogP contribution in [0.25, 0.3) is 0 Å². The van der Waals surface area contributed by atoms with Gasteiger partial charge in [-0.15, -0.1) is 0 Å². The number of aromatic nitrogens is 1. The Morgan fingerprint density at radius 2 is 1.88 bits per heavy atom. The number of unbranched alkanes of at least 4 members (excludes halogenated alkanes) is 1. The molecule has 224 valence electrons. The highest BCUT2D eigenvalue weighted by Crippen LogP contribution is 2.36. The SMILES string of the molecule is CCCCOc1ccc(CCCOC(=O)NS(=O)(=O)NCCOC(C)C)c(Oc2ncc(C(F)(F)F)cc2Cl)c1. The first-order valence-corrected chi connectivity index (χ1v) is 14.4. The second-order valence-electron chi connectivity index (χ2n) is 8.74. The predicted octanol–water partition coefficient (Wildman–Crippen LogP) is 5.64. The van der Waals surface area contributed by atoms with E-state index in [2.05, 4.69) is 9.71 Å². The molecule has 2 aromatic rings. The van der Waals surface area contributed by atoms with Crippen molar-refractivity contribution in [1.29, 1.82) is 0 Å². The third-order valence-corrected chi connectivity index (χ3v) is 6.32. The minimum atomic E-state index is -4.61. The minimum Gasteiger partial charge on any atom is -0.493 e. The van der Waals surface area contributed by atoms with Crippen LogP contribution in [-0.2, 0) is 32.3 Å². The van der Waals surface area contributed by atoms with Gasteiger partial charge in [-0.05, 0) is 50.8 Å². The molecular formula is C25H33ClF3N3O7S. The van der Waals surface area contributed by atoms with E-state index in [1.807, 2.05) is 6.92 Å². The van der Waals surface area contributed by atoms with Crippen LogP contribution in [0.5, 0.6) is 17.4 Å². The number of alkyl halides is 3. The van der Waals surface area contributed by atoms with Gasteiger partial charge in [0.05, 0.1) is 31.5 Å². The van der Waals surface area contributed by atoms with E-state index in [9.17, 15) is 26.4 Å². The van der Waals surface area contributed by atoms with Crippen LogP contribution in [0.3, 0.4) is 0 Å². The number of hydrogen-bond donors (Lipinski definition) is 2. The molecule has 1 amide bonds. The van der Waals surface area contributed by atoms with Gasteiger partial charge in [0, 0.05) is 18.8 Å². The van der Waals surface area contributed by atoms with Crippen molar-refractivity contribution in [1.82, 2.24) is 14.4 Å². The lowest BCUT2D eigenvalue weighted by atomic mass is 10.1. The Hall–Kier alpha value is -2.81. The summed E-state index contributed by atoms with van der Waals surface area (Å²) in [5, 5.41) is -0.330. The van der Waals surface area contributed by atoms with Gasteiger partial charge < -0.3 is 18.9 Å². The summed E-state index contributed by atoms with van der Waals surface area (Å²) < 4.78 is 88.2. The molecule has 0 bridgehead atoms. The van der Waals surface area contributed by atoms with Crippen molar-refractivity contribution in [2.45, 2.75) is 58.7 Å². The molecule has 15 heteroatoms. The fourth-order valence-electron chi connectivity index (χ4n) is 3.09. The number of hydrogen-bond acceptors (Lipinski definition) is 8. The maximum atomic E-state index is 13.0. The zero-order chi connectivity index (χ0) is 29.8. The van der Waals surface area contributed by atoms with Crippen molar-refractivity contribution in [3.8, 4) is 17.4 Å². The van der Waals surface area contributed by atoms with Crippen LogP contribution in [0.4, 0.5) is 18.0 Å². The topological polar surface area (TPSA) is 125 Å².